The van der Waals surface area contributed by atoms with Gasteiger partial charge in [0.05, 0.1) is 11.7 Å². The zero-order valence-electron chi connectivity index (χ0n) is 14.4. The molecule has 26 heavy (non-hydrogen) atoms. The molecule has 0 aromatic heterocycles. The molecule has 0 aliphatic carbocycles. The quantitative estimate of drug-likeness (QED) is 0.786. The van der Waals surface area contributed by atoms with Crippen LogP contribution in [0.1, 0.15) is 28.8 Å². The molecule has 1 amide bonds. The maximum atomic E-state index is 12.7. The van der Waals surface area contributed by atoms with Crippen molar-refractivity contribution in [3.05, 3.63) is 53.6 Å². The Morgan fingerprint density at radius 3 is 2.92 bits per heavy atom. The first-order chi connectivity index (χ1) is 12.8. The van der Waals surface area contributed by atoms with Gasteiger partial charge in [-0.2, -0.15) is 0 Å². The molecule has 5 nitrogen and oxygen atoms in total. The van der Waals surface area contributed by atoms with Crippen molar-refractivity contribution in [2.45, 2.75) is 30.4 Å². The number of fused-ring (bicyclic) bond motifs is 1. The minimum Gasteiger partial charge on any atom is -0.454 e. The van der Waals surface area contributed by atoms with Crippen LogP contribution >= 0.6 is 11.8 Å². The van der Waals surface area contributed by atoms with Crippen LogP contribution in [-0.2, 0) is 11.3 Å². The third kappa shape index (κ3) is 3.97. The van der Waals surface area contributed by atoms with E-state index in [0.29, 0.717) is 18.2 Å². The fourth-order valence-electron chi connectivity index (χ4n) is 3.07. The van der Waals surface area contributed by atoms with Crippen molar-refractivity contribution in [3.8, 4) is 11.5 Å². The third-order valence-electron chi connectivity index (χ3n) is 4.47. The van der Waals surface area contributed by atoms with E-state index < -0.39 is 0 Å². The highest BCUT2D eigenvalue weighted by Gasteiger charge is 2.18. The van der Waals surface area contributed by atoms with Crippen molar-refractivity contribution >= 4 is 17.7 Å². The number of thioether (sulfide) groups is 1. The molecule has 1 unspecified atom stereocenters. The second-order valence-electron chi connectivity index (χ2n) is 6.31. The predicted octanol–water partition coefficient (Wildman–Crippen LogP) is 3.62. The van der Waals surface area contributed by atoms with E-state index in [1.807, 2.05) is 42.5 Å². The molecule has 1 fully saturated rings. The number of hydrogen-bond donors (Lipinski definition) is 1. The van der Waals surface area contributed by atoms with Gasteiger partial charge in [0.25, 0.3) is 5.91 Å². The van der Waals surface area contributed by atoms with Gasteiger partial charge in [-0.15, -0.1) is 11.8 Å². The lowest BCUT2D eigenvalue weighted by molar-refractivity contribution is 0.0947. The summed E-state index contributed by atoms with van der Waals surface area (Å²) < 4.78 is 16.4. The average molecular weight is 371 g/mol. The molecule has 0 spiro atoms. The van der Waals surface area contributed by atoms with E-state index in [0.717, 1.165) is 47.2 Å². The molecule has 1 saturated heterocycles. The van der Waals surface area contributed by atoms with Crippen molar-refractivity contribution < 1.29 is 19.0 Å². The third-order valence-corrected chi connectivity index (χ3v) is 5.68. The number of carbonyl (C=O) groups is 1. The van der Waals surface area contributed by atoms with Crippen molar-refractivity contribution in [3.63, 3.8) is 0 Å². The molecule has 2 heterocycles. The molecule has 1 N–H and O–H groups in total. The molecule has 6 heteroatoms. The van der Waals surface area contributed by atoms with Crippen molar-refractivity contribution in [2.75, 3.05) is 19.2 Å². The van der Waals surface area contributed by atoms with Gasteiger partial charge >= 0.3 is 0 Å². The fourth-order valence-corrected chi connectivity index (χ4v) is 4.19. The van der Waals surface area contributed by atoms with E-state index in [2.05, 4.69) is 5.32 Å². The Balaban J connectivity index is 1.38. The van der Waals surface area contributed by atoms with Crippen molar-refractivity contribution in [1.29, 1.82) is 0 Å². The van der Waals surface area contributed by atoms with E-state index in [4.69, 9.17) is 14.2 Å². The Bertz CT molecular complexity index is 789. The summed E-state index contributed by atoms with van der Waals surface area (Å²) in [5.74, 6) is 2.28. The summed E-state index contributed by atoms with van der Waals surface area (Å²) >= 11 is 1.69. The van der Waals surface area contributed by atoms with Gasteiger partial charge in [0.1, 0.15) is 0 Å². The monoisotopic (exact) mass is 371 g/mol. The molecule has 2 aliphatic heterocycles. The topological polar surface area (TPSA) is 56.8 Å². The molecule has 0 bridgehead atoms. The number of rotatable bonds is 6. The van der Waals surface area contributed by atoms with Crippen LogP contribution in [0.15, 0.2) is 47.4 Å². The Morgan fingerprint density at radius 1 is 1.15 bits per heavy atom. The van der Waals surface area contributed by atoms with Gasteiger partial charge in [0.15, 0.2) is 11.5 Å². The molecular weight excluding hydrogens is 350 g/mol. The molecule has 0 radical (unpaired) electrons. The zero-order valence-corrected chi connectivity index (χ0v) is 15.2. The number of nitrogens with one attached hydrogen (secondary N) is 1. The number of carbonyl (C=O) groups excluding carboxylic acids is 1. The summed E-state index contributed by atoms with van der Waals surface area (Å²) in [4.78, 5) is 13.6. The van der Waals surface area contributed by atoms with Crippen LogP contribution in [0, 0.1) is 0 Å². The van der Waals surface area contributed by atoms with Crippen LogP contribution in [-0.4, -0.2) is 31.2 Å². The summed E-state index contributed by atoms with van der Waals surface area (Å²) in [5, 5.41) is 2.99. The van der Waals surface area contributed by atoms with Gasteiger partial charge in [0.2, 0.25) is 6.79 Å². The maximum absolute atomic E-state index is 12.7. The minimum absolute atomic E-state index is 0.0712. The van der Waals surface area contributed by atoms with Crippen molar-refractivity contribution in [2.24, 2.45) is 0 Å². The lowest BCUT2D eigenvalue weighted by Gasteiger charge is -2.12. The van der Waals surface area contributed by atoms with Gasteiger partial charge in [-0.3, -0.25) is 4.79 Å². The number of benzene rings is 2. The van der Waals surface area contributed by atoms with Crippen LogP contribution in [0.5, 0.6) is 11.5 Å². The molecule has 2 aromatic rings. The fraction of sp³-hybridized carbons (Fsp3) is 0.350. The molecule has 2 aromatic carbocycles. The van der Waals surface area contributed by atoms with Crippen LogP contribution in [0.4, 0.5) is 0 Å². The van der Waals surface area contributed by atoms with E-state index in [9.17, 15) is 4.79 Å². The molecule has 4 rings (SSSR count). The highest BCUT2D eigenvalue weighted by atomic mass is 32.2. The summed E-state index contributed by atoms with van der Waals surface area (Å²) in [6.07, 6.45) is 2.53. The van der Waals surface area contributed by atoms with Crippen LogP contribution in [0.2, 0.25) is 0 Å². The number of hydrogen-bond acceptors (Lipinski definition) is 5. The Labute approximate surface area is 157 Å². The smallest absolute Gasteiger partial charge is 0.252 e. The van der Waals surface area contributed by atoms with Crippen LogP contribution in [0.25, 0.3) is 0 Å². The Morgan fingerprint density at radius 2 is 2.04 bits per heavy atom. The Hall–Kier alpha value is -2.18. The SMILES string of the molecule is O=C(NCc1ccc2c(c1)OCO2)c1ccccc1SCC1CCCO1. The number of amides is 1. The lowest BCUT2D eigenvalue weighted by Crippen LogP contribution is -2.23. The van der Waals surface area contributed by atoms with Gasteiger partial charge in [-0.05, 0) is 42.7 Å². The van der Waals surface area contributed by atoms with Gasteiger partial charge in [-0.1, -0.05) is 18.2 Å². The molecule has 136 valence electrons. The first kappa shape index (κ1) is 17.2. The summed E-state index contributed by atoms with van der Waals surface area (Å²) in [6.45, 7) is 1.55. The van der Waals surface area contributed by atoms with E-state index in [1.54, 1.807) is 11.8 Å². The molecule has 1 atom stereocenters. The zero-order chi connectivity index (χ0) is 17.8. The normalized spacial score (nSPS) is 18.1. The molecular formula is C20H21NO4S. The maximum Gasteiger partial charge on any atom is 0.252 e. The Kier molecular flexibility index (Phi) is 5.32. The van der Waals surface area contributed by atoms with E-state index >= 15 is 0 Å². The highest BCUT2D eigenvalue weighted by molar-refractivity contribution is 7.99. The highest BCUT2D eigenvalue weighted by Crippen LogP contribution is 2.32. The van der Waals surface area contributed by atoms with Gasteiger partial charge < -0.3 is 19.5 Å². The van der Waals surface area contributed by atoms with Gasteiger partial charge in [0, 0.05) is 23.8 Å². The molecule has 2 aliphatic rings. The predicted molar refractivity (Wildman–Crippen MR) is 99.9 cm³/mol. The summed E-state index contributed by atoms with van der Waals surface area (Å²) in [7, 11) is 0. The second kappa shape index (κ2) is 8.01. The largest absolute Gasteiger partial charge is 0.454 e. The van der Waals surface area contributed by atoms with Crippen molar-refractivity contribution in [1.82, 2.24) is 5.32 Å². The number of ether oxygens (including phenoxy) is 3. The van der Waals surface area contributed by atoms with Gasteiger partial charge in [-0.25, -0.2) is 0 Å². The first-order valence-corrected chi connectivity index (χ1v) is 9.78. The molecule has 0 saturated carbocycles. The van der Waals surface area contributed by atoms with Crippen LogP contribution in [0.3, 0.4) is 0 Å². The van der Waals surface area contributed by atoms with E-state index in [-0.39, 0.29) is 12.7 Å². The summed E-state index contributed by atoms with van der Waals surface area (Å²) in [5.41, 5.74) is 1.68. The lowest BCUT2D eigenvalue weighted by atomic mass is 10.1. The van der Waals surface area contributed by atoms with E-state index in [1.165, 1.54) is 0 Å². The first-order valence-electron chi connectivity index (χ1n) is 8.80. The second-order valence-corrected chi connectivity index (χ2v) is 7.37. The minimum atomic E-state index is -0.0712. The standard InChI is InChI=1S/C20H21NO4S/c22-20(21-11-14-7-8-17-18(10-14)25-13-24-17)16-5-1-2-6-19(16)26-12-15-4-3-9-23-15/h1-2,5-8,10,15H,3-4,9,11-13H2,(H,21,22). The average Bonchev–Trinajstić information content (AvgIpc) is 3.35. The summed E-state index contributed by atoms with van der Waals surface area (Å²) in [6, 6.07) is 13.4. The van der Waals surface area contributed by atoms with Crippen LogP contribution < -0.4 is 14.8 Å².